The van der Waals surface area contributed by atoms with Crippen LogP contribution in [-0.2, 0) is 4.79 Å². The maximum absolute atomic E-state index is 12.1. The van der Waals surface area contributed by atoms with Gasteiger partial charge >= 0.3 is 0 Å². The van der Waals surface area contributed by atoms with Gasteiger partial charge in [-0.25, -0.2) is 0 Å². The third kappa shape index (κ3) is 1.86. The smallest absolute Gasteiger partial charge is 0.223 e. The van der Waals surface area contributed by atoms with Crippen LogP contribution in [0.4, 0.5) is 0 Å². The molecule has 1 saturated heterocycles. The number of likely N-dealkylation sites (tertiary alicyclic amines) is 1. The van der Waals surface area contributed by atoms with Gasteiger partial charge in [0, 0.05) is 24.4 Å². The molecule has 0 unspecified atom stereocenters. The van der Waals surface area contributed by atoms with Gasteiger partial charge in [0.15, 0.2) is 0 Å². The Morgan fingerprint density at radius 2 is 2.25 bits per heavy atom. The predicted octanol–water partition coefficient (Wildman–Crippen LogP) is 1.76. The molecule has 1 aliphatic heterocycles. The molecule has 0 bridgehead atoms. The van der Waals surface area contributed by atoms with Gasteiger partial charge in [0.1, 0.15) is 0 Å². The Bertz CT molecular complexity index is 277. The largest absolute Gasteiger partial charge is 0.339 e. The van der Waals surface area contributed by atoms with Crippen LogP contribution in [0.15, 0.2) is 0 Å². The van der Waals surface area contributed by atoms with Crippen LogP contribution in [0, 0.1) is 11.3 Å². The molecule has 2 atom stereocenters. The van der Waals surface area contributed by atoms with Gasteiger partial charge in [-0.1, -0.05) is 20.3 Å². The summed E-state index contributed by atoms with van der Waals surface area (Å²) in [5.41, 5.74) is 6.21. The van der Waals surface area contributed by atoms with Crippen molar-refractivity contribution in [3.05, 3.63) is 0 Å². The van der Waals surface area contributed by atoms with Crippen molar-refractivity contribution in [2.75, 3.05) is 13.1 Å². The zero-order valence-electron chi connectivity index (χ0n) is 10.5. The van der Waals surface area contributed by atoms with Crippen molar-refractivity contribution >= 4 is 5.91 Å². The van der Waals surface area contributed by atoms with Gasteiger partial charge in [-0.3, -0.25) is 4.79 Å². The second-order valence-corrected chi connectivity index (χ2v) is 5.91. The van der Waals surface area contributed by atoms with Crippen LogP contribution in [-0.4, -0.2) is 29.9 Å². The van der Waals surface area contributed by atoms with Gasteiger partial charge in [0.05, 0.1) is 0 Å². The molecular weight excluding hydrogens is 200 g/mol. The number of rotatable bonds is 3. The molecule has 3 nitrogen and oxygen atoms in total. The zero-order valence-corrected chi connectivity index (χ0v) is 10.5. The van der Waals surface area contributed by atoms with E-state index in [2.05, 4.69) is 18.7 Å². The lowest BCUT2D eigenvalue weighted by molar-refractivity contribution is -0.133. The van der Waals surface area contributed by atoms with E-state index in [1.807, 2.05) is 0 Å². The average molecular weight is 224 g/mol. The first-order valence-corrected chi connectivity index (χ1v) is 6.58. The van der Waals surface area contributed by atoms with Crippen molar-refractivity contribution in [2.45, 2.75) is 52.0 Å². The van der Waals surface area contributed by atoms with Gasteiger partial charge in [-0.2, -0.15) is 0 Å². The Morgan fingerprint density at radius 1 is 1.50 bits per heavy atom. The highest BCUT2D eigenvalue weighted by Crippen LogP contribution is 2.48. The molecule has 1 heterocycles. The van der Waals surface area contributed by atoms with Gasteiger partial charge in [0.25, 0.3) is 0 Å². The molecule has 1 saturated carbocycles. The third-order valence-electron chi connectivity index (χ3n) is 4.40. The molecule has 0 spiro atoms. The molecule has 0 aromatic rings. The second-order valence-electron chi connectivity index (χ2n) is 5.91. The predicted molar refractivity (Wildman–Crippen MR) is 64.9 cm³/mol. The summed E-state index contributed by atoms with van der Waals surface area (Å²) in [5, 5.41) is 0. The first kappa shape index (κ1) is 11.9. The highest BCUT2D eigenvalue weighted by molar-refractivity contribution is 5.77. The van der Waals surface area contributed by atoms with E-state index < -0.39 is 0 Å². The Balaban J connectivity index is 2.06. The summed E-state index contributed by atoms with van der Waals surface area (Å²) in [6, 6.07) is 0.448. The number of carbonyl (C=O) groups excluding carboxylic acids is 1. The molecule has 2 rings (SSSR count). The monoisotopic (exact) mass is 224 g/mol. The fourth-order valence-corrected chi connectivity index (χ4v) is 3.50. The first-order valence-electron chi connectivity index (χ1n) is 6.58. The van der Waals surface area contributed by atoms with Crippen molar-refractivity contribution in [3.63, 3.8) is 0 Å². The minimum absolute atomic E-state index is 0.270. The van der Waals surface area contributed by atoms with Gasteiger partial charge in [-0.15, -0.1) is 0 Å². The zero-order chi connectivity index (χ0) is 11.8. The van der Waals surface area contributed by atoms with Crippen LogP contribution in [0.1, 0.15) is 46.0 Å². The topological polar surface area (TPSA) is 46.3 Å². The average Bonchev–Trinajstić information content (AvgIpc) is 2.73. The summed E-state index contributed by atoms with van der Waals surface area (Å²) < 4.78 is 0. The van der Waals surface area contributed by atoms with Crippen LogP contribution < -0.4 is 5.73 Å². The quantitative estimate of drug-likeness (QED) is 0.794. The summed E-state index contributed by atoms with van der Waals surface area (Å²) in [7, 11) is 0. The van der Waals surface area contributed by atoms with Crippen molar-refractivity contribution in [1.82, 2.24) is 4.90 Å². The number of nitrogens with zero attached hydrogens (tertiary/aromatic N) is 1. The summed E-state index contributed by atoms with van der Waals surface area (Å²) in [6.45, 7) is 5.91. The molecule has 2 fully saturated rings. The highest BCUT2D eigenvalue weighted by Gasteiger charge is 2.50. The van der Waals surface area contributed by atoms with Crippen LogP contribution >= 0.6 is 0 Å². The minimum Gasteiger partial charge on any atom is -0.339 e. The number of hydrogen-bond donors (Lipinski definition) is 1. The van der Waals surface area contributed by atoms with E-state index in [1.54, 1.807) is 0 Å². The molecule has 0 aromatic heterocycles. The molecular formula is C13H24N2O. The van der Waals surface area contributed by atoms with E-state index in [-0.39, 0.29) is 5.41 Å². The maximum atomic E-state index is 12.1. The van der Waals surface area contributed by atoms with Crippen molar-refractivity contribution in [1.29, 1.82) is 0 Å². The number of fused-ring (bicyclic) bond motifs is 1. The lowest BCUT2D eigenvalue weighted by atomic mass is 9.82. The van der Waals surface area contributed by atoms with Crippen molar-refractivity contribution < 1.29 is 4.79 Å². The van der Waals surface area contributed by atoms with Crippen molar-refractivity contribution in [2.24, 2.45) is 17.1 Å². The van der Waals surface area contributed by atoms with E-state index in [0.717, 1.165) is 19.5 Å². The Hall–Kier alpha value is -0.570. The van der Waals surface area contributed by atoms with Crippen molar-refractivity contribution in [3.8, 4) is 0 Å². The number of nitrogens with two attached hydrogens (primary N) is 1. The summed E-state index contributed by atoms with van der Waals surface area (Å²) in [6.07, 6.45) is 5.45. The van der Waals surface area contributed by atoms with E-state index in [0.29, 0.717) is 24.3 Å². The Morgan fingerprint density at radius 3 is 2.88 bits per heavy atom. The molecule has 16 heavy (non-hydrogen) atoms. The number of carbonyl (C=O) groups is 1. The Labute approximate surface area is 98.4 Å². The van der Waals surface area contributed by atoms with Crippen LogP contribution in [0.3, 0.4) is 0 Å². The van der Waals surface area contributed by atoms with Gasteiger partial charge < -0.3 is 10.6 Å². The van der Waals surface area contributed by atoms with Crippen LogP contribution in [0.5, 0.6) is 0 Å². The first-order chi connectivity index (χ1) is 7.59. The molecule has 92 valence electrons. The third-order valence-corrected chi connectivity index (χ3v) is 4.40. The van der Waals surface area contributed by atoms with E-state index >= 15 is 0 Å². The Kier molecular flexibility index (Phi) is 3.24. The summed E-state index contributed by atoms with van der Waals surface area (Å²) in [5.74, 6) is 0.805. The van der Waals surface area contributed by atoms with E-state index in [4.69, 9.17) is 5.73 Å². The molecule has 3 heteroatoms. The summed E-state index contributed by atoms with van der Waals surface area (Å²) >= 11 is 0. The van der Waals surface area contributed by atoms with Crippen LogP contribution in [0.2, 0.25) is 0 Å². The molecule has 2 aliphatic rings. The lowest BCUT2D eigenvalue weighted by Crippen LogP contribution is -2.43. The molecule has 1 amide bonds. The molecule has 1 aliphatic carbocycles. The molecule has 2 N–H and O–H groups in total. The number of amides is 1. The van der Waals surface area contributed by atoms with Gasteiger partial charge in [0.2, 0.25) is 5.91 Å². The highest BCUT2D eigenvalue weighted by atomic mass is 16.2. The maximum Gasteiger partial charge on any atom is 0.223 e. The van der Waals surface area contributed by atoms with Crippen LogP contribution in [0.25, 0.3) is 0 Å². The molecule has 0 radical (unpaired) electrons. The normalized spacial score (nSPS) is 33.5. The van der Waals surface area contributed by atoms with Gasteiger partial charge in [-0.05, 0) is 31.7 Å². The number of hydrogen-bond acceptors (Lipinski definition) is 2. The second kappa shape index (κ2) is 4.36. The van der Waals surface area contributed by atoms with E-state index in [1.165, 1.54) is 19.3 Å². The fraction of sp³-hybridized carbons (Fsp3) is 0.923. The lowest BCUT2D eigenvalue weighted by Gasteiger charge is -2.31. The summed E-state index contributed by atoms with van der Waals surface area (Å²) in [4.78, 5) is 14.3. The van der Waals surface area contributed by atoms with E-state index in [9.17, 15) is 4.79 Å². The molecule has 0 aromatic carbocycles. The standard InChI is InChI=1S/C13H24N2O/c1-10(2)8-12(16)15-7-6-13(9-14)5-3-4-11(13)15/h10-11H,3-9,14H2,1-2H3/t11-,13-/m1/s1. The minimum atomic E-state index is 0.270. The SMILES string of the molecule is CC(C)CC(=O)N1CC[C@@]2(CN)CCC[C@@H]12. The fourth-order valence-electron chi connectivity index (χ4n) is 3.50.